The number of benzene rings is 2. The Morgan fingerprint density at radius 3 is 1.47 bits per heavy atom. The minimum absolute atomic E-state index is 0.216. The molecule has 0 aliphatic heterocycles. The molecule has 19 heavy (non-hydrogen) atoms. The van der Waals surface area contributed by atoms with E-state index >= 15 is 0 Å². The van der Waals surface area contributed by atoms with Crippen molar-refractivity contribution in [2.24, 2.45) is 11.7 Å². The summed E-state index contributed by atoms with van der Waals surface area (Å²) < 4.78 is 0. The van der Waals surface area contributed by atoms with E-state index in [-0.39, 0.29) is 5.41 Å². The molecule has 100 valence electrons. The average Bonchev–Trinajstić information content (AvgIpc) is 2.47. The van der Waals surface area contributed by atoms with E-state index in [1.165, 1.54) is 0 Å². The number of hydrogen-bond acceptors (Lipinski definition) is 4. The summed E-state index contributed by atoms with van der Waals surface area (Å²) in [5.41, 5.74) is 9.38. The number of nitrogens with one attached hydrogen (secondary N) is 2. The summed E-state index contributed by atoms with van der Waals surface area (Å²) in [7, 11) is 0. The van der Waals surface area contributed by atoms with Crippen LogP contribution in [0.2, 0.25) is 0 Å². The van der Waals surface area contributed by atoms with E-state index in [1.54, 1.807) is 0 Å². The van der Waals surface area contributed by atoms with Crippen LogP contribution in [0.25, 0.3) is 0 Å². The van der Waals surface area contributed by atoms with Crippen LogP contribution in [0.15, 0.2) is 48.5 Å². The zero-order chi connectivity index (χ0) is 13.9. The normalized spacial score (nSPS) is 11.2. The summed E-state index contributed by atoms with van der Waals surface area (Å²) in [6, 6.07) is 16.0. The summed E-state index contributed by atoms with van der Waals surface area (Å²) in [5.74, 6) is 11.2. The quantitative estimate of drug-likeness (QED) is 0.501. The number of rotatable bonds is 4. The first-order chi connectivity index (χ1) is 9.11. The van der Waals surface area contributed by atoms with Gasteiger partial charge >= 0.3 is 0 Å². The maximum absolute atomic E-state index is 5.61. The largest absolute Gasteiger partial charge is 0.324 e. The Kier molecular flexibility index (Phi) is 3.74. The Labute approximate surface area is 113 Å². The van der Waals surface area contributed by atoms with Crippen molar-refractivity contribution in [1.29, 1.82) is 0 Å². The number of hydrogen-bond donors (Lipinski definition) is 4. The standard InChI is InChI=1S/C15H20N4/c1-15(2,11-7-3-5-9-13(11)18-16)12-8-4-6-10-14(12)19-17/h3-10,18-19H,16-17H2,1-2H3. The monoisotopic (exact) mass is 256 g/mol. The molecule has 0 radical (unpaired) electrons. The molecular formula is C15H20N4. The summed E-state index contributed by atoms with van der Waals surface area (Å²) in [6.07, 6.45) is 0. The molecular weight excluding hydrogens is 236 g/mol. The molecule has 0 atom stereocenters. The molecule has 6 N–H and O–H groups in total. The van der Waals surface area contributed by atoms with Crippen molar-refractivity contribution in [2.45, 2.75) is 19.3 Å². The summed E-state index contributed by atoms with van der Waals surface area (Å²) in [6.45, 7) is 4.30. The van der Waals surface area contributed by atoms with Crippen molar-refractivity contribution in [2.75, 3.05) is 10.9 Å². The Balaban J connectivity index is 2.58. The molecule has 2 aromatic rings. The third-order valence-electron chi connectivity index (χ3n) is 3.51. The fourth-order valence-electron chi connectivity index (χ4n) is 2.45. The van der Waals surface area contributed by atoms with Crippen LogP contribution >= 0.6 is 0 Å². The zero-order valence-electron chi connectivity index (χ0n) is 11.3. The Bertz CT molecular complexity index is 514. The van der Waals surface area contributed by atoms with Crippen molar-refractivity contribution >= 4 is 11.4 Å². The van der Waals surface area contributed by atoms with E-state index in [0.29, 0.717) is 0 Å². The number of anilines is 2. The van der Waals surface area contributed by atoms with Crippen LogP contribution < -0.4 is 22.5 Å². The predicted octanol–water partition coefficient (Wildman–Crippen LogP) is 2.58. The van der Waals surface area contributed by atoms with Crippen LogP contribution in [-0.2, 0) is 5.41 Å². The first-order valence-corrected chi connectivity index (χ1v) is 6.23. The lowest BCUT2D eigenvalue weighted by atomic mass is 9.76. The Hall–Kier alpha value is -2.04. The van der Waals surface area contributed by atoms with Gasteiger partial charge in [-0.15, -0.1) is 0 Å². The molecule has 0 spiro atoms. The van der Waals surface area contributed by atoms with E-state index < -0.39 is 0 Å². The van der Waals surface area contributed by atoms with Crippen LogP contribution in [0, 0.1) is 0 Å². The van der Waals surface area contributed by atoms with Crippen LogP contribution in [-0.4, -0.2) is 0 Å². The zero-order valence-corrected chi connectivity index (χ0v) is 11.3. The molecule has 0 fully saturated rings. The lowest BCUT2D eigenvalue weighted by Gasteiger charge is -2.30. The predicted molar refractivity (Wildman–Crippen MR) is 80.6 cm³/mol. The maximum Gasteiger partial charge on any atom is 0.0525 e. The first kappa shape index (κ1) is 13.4. The fraction of sp³-hybridized carbons (Fsp3) is 0.200. The molecule has 0 bridgehead atoms. The summed E-state index contributed by atoms with van der Waals surface area (Å²) >= 11 is 0. The smallest absolute Gasteiger partial charge is 0.0525 e. The minimum atomic E-state index is -0.216. The van der Waals surface area contributed by atoms with Crippen LogP contribution in [0.1, 0.15) is 25.0 Å². The highest BCUT2D eigenvalue weighted by Crippen LogP contribution is 2.38. The summed E-state index contributed by atoms with van der Waals surface area (Å²) in [5, 5.41) is 0. The number of para-hydroxylation sites is 2. The molecule has 0 aromatic heterocycles. The lowest BCUT2D eigenvalue weighted by Crippen LogP contribution is -2.24. The van der Waals surface area contributed by atoms with E-state index in [9.17, 15) is 0 Å². The first-order valence-electron chi connectivity index (χ1n) is 6.23. The van der Waals surface area contributed by atoms with E-state index in [0.717, 1.165) is 22.5 Å². The van der Waals surface area contributed by atoms with Gasteiger partial charge in [-0.2, -0.15) is 0 Å². The molecule has 2 aromatic carbocycles. The second-order valence-corrected chi connectivity index (χ2v) is 5.00. The Morgan fingerprint density at radius 1 is 0.737 bits per heavy atom. The molecule has 0 saturated heterocycles. The van der Waals surface area contributed by atoms with Gasteiger partial charge in [-0.3, -0.25) is 11.7 Å². The highest BCUT2D eigenvalue weighted by atomic mass is 15.2. The van der Waals surface area contributed by atoms with Crippen molar-refractivity contribution in [1.82, 2.24) is 0 Å². The van der Waals surface area contributed by atoms with Gasteiger partial charge in [0.1, 0.15) is 0 Å². The van der Waals surface area contributed by atoms with Gasteiger partial charge in [-0.05, 0) is 23.3 Å². The molecule has 0 aliphatic carbocycles. The van der Waals surface area contributed by atoms with Gasteiger partial charge in [0, 0.05) is 5.41 Å². The maximum atomic E-state index is 5.61. The number of hydrazine groups is 2. The second-order valence-electron chi connectivity index (χ2n) is 5.00. The molecule has 0 amide bonds. The minimum Gasteiger partial charge on any atom is -0.324 e. The van der Waals surface area contributed by atoms with Gasteiger partial charge in [0.05, 0.1) is 11.4 Å². The molecule has 4 heteroatoms. The highest BCUT2D eigenvalue weighted by Gasteiger charge is 2.27. The SMILES string of the molecule is CC(C)(c1ccccc1NN)c1ccccc1NN. The molecule has 4 nitrogen and oxygen atoms in total. The second kappa shape index (κ2) is 5.30. The molecule has 0 heterocycles. The van der Waals surface area contributed by atoms with E-state index in [2.05, 4.69) is 36.8 Å². The van der Waals surface area contributed by atoms with Crippen molar-refractivity contribution < 1.29 is 0 Å². The number of nitrogen functional groups attached to an aromatic ring is 2. The van der Waals surface area contributed by atoms with Crippen molar-refractivity contribution in [3.8, 4) is 0 Å². The Morgan fingerprint density at radius 2 is 1.11 bits per heavy atom. The van der Waals surface area contributed by atoms with Gasteiger partial charge in [-0.25, -0.2) is 0 Å². The molecule has 2 rings (SSSR count). The van der Waals surface area contributed by atoms with Crippen LogP contribution in [0.4, 0.5) is 11.4 Å². The van der Waals surface area contributed by atoms with Crippen LogP contribution in [0.5, 0.6) is 0 Å². The molecule has 0 aliphatic rings. The third-order valence-corrected chi connectivity index (χ3v) is 3.51. The summed E-state index contributed by atoms with van der Waals surface area (Å²) in [4.78, 5) is 0. The van der Waals surface area contributed by atoms with Crippen molar-refractivity contribution in [3.05, 3.63) is 59.7 Å². The topological polar surface area (TPSA) is 76.1 Å². The molecule has 0 unspecified atom stereocenters. The number of nitrogens with two attached hydrogens (primary N) is 2. The van der Waals surface area contributed by atoms with Gasteiger partial charge in [0.15, 0.2) is 0 Å². The van der Waals surface area contributed by atoms with Gasteiger partial charge in [0.2, 0.25) is 0 Å². The van der Waals surface area contributed by atoms with Crippen LogP contribution in [0.3, 0.4) is 0 Å². The third kappa shape index (κ3) is 2.41. The lowest BCUT2D eigenvalue weighted by molar-refractivity contribution is 0.644. The fourth-order valence-corrected chi connectivity index (χ4v) is 2.45. The van der Waals surface area contributed by atoms with Gasteiger partial charge in [-0.1, -0.05) is 50.2 Å². The van der Waals surface area contributed by atoms with Gasteiger partial charge in [0.25, 0.3) is 0 Å². The van der Waals surface area contributed by atoms with E-state index in [1.807, 2.05) is 36.4 Å². The van der Waals surface area contributed by atoms with E-state index in [4.69, 9.17) is 11.7 Å². The highest BCUT2D eigenvalue weighted by molar-refractivity contribution is 5.62. The van der Waals surface area contributed by atoms with Gasteiger partial charge < -0.3 is 10.9 Å². The average molecular weight is 256 g/mol. The molecule has 0 saturated carbocycles. The van der Waals surface area contributed by atoms with Crippen molar-refractivity contribution in [3.63, 3.8) is 0 Å².